The molecule has 20 heavy (non-hydrogen) atoms. The largest absolute Gasteiger partial charge is 0.350 e. The number of hydrogen-bond donors (Lipinski definition) is 3. The molecular formula is C14H22N4O2. The summed E-state index contributed by atoms with van der Waals surface area (Å²) < 4.78 is 0. The lowest BCUT2D eigenvalue weighted by molar-refractivity contribution is -0.124. The Morgan fingerprint density at radius 2 is 2.00 bits per heavy atom. The molecule has 0 aliphatic carbocycles. The molecule has 1 rings (SSSR count). The van der Waals surface area contributed by atoms with Crippen molar-refractivity contribution in [2.45, 2.75) is 45.8 Å². The van der Waals surface area contributed by atoms with Gasteiger partial charge in [0, 0.05) is 18.3 Å². The van der Waals surface area contributed by atoms with Crippen LogP contribution < -0.4 is 16.4 Å². The maximum absolute atomic E-state index is 11.9. The van der Waals surface area contributed by atoms with Crippen LogP contribution in [0.15, 0.2) is 18.3 Å². The van der Waals surface area contributed by atoms with Gasteiger partial charge in [0.25, 0.3) is 5.91 Å². The van der Waals surface area contributed by atoms with E-state index in [0.29, 0.717) is 6.54 Å². The Kier molecular flexibility index (Phi) is 5.21. The lowest BCUT2D eigenvalue weighted by Gasteiger charge is -2.23. The van der Waals surface area contributed by atoms with Crippen LogP contribution in [0.25, 0.3) is 0 Å². The number of nitrogens with zero attached hydrogens (tertiary/aromatic N) is 1. The van der Waals surface area contributed by atoms with Crippen LogP contribution in [-0.2, 0) is 11.3 Å². The highest BCUT2D eigenvalue weighted by Crippen LogP contribution is 2.02. The highest BCUT2D eigenvalue weighted by Gasteiger charge is 2.21. The molecule has 0 radical (unpaired) electrons. The van der Waals surface area contributed by atoms with Crippen molar-refractivity contribution in [2.24, 2.45) is 5.73 Å². The van der Waals surface area contributed by atoms with Crippen molar-refractivity contribution in [3.05, 3.63) is 29.6 Å². The third kappa shape index (κ3) is 4.97. The Morgan fingerprint density at radius 1 is 1.35 bits per heavy atom. The van der Waals surface area contributed by atoms with Gasteiger partial charge >= 0.3 is 0 Å². The van der Waals surface area contributed by atoms with Crippen molar-refractivity contribution in [3.63, 3.8) is 0 Å². The average Bonchev–Trinajstić information content (AvgIpc) is 2.36. The van der Waals surface area contributed by atoms with Crippen LogP contribution in [0.5, 0.6) is 0 Å². The second kappa shape index (κ2) is 6.47. The van der Waals surface area contributed by atoms with Gasteiger partial charge in [-0.05, 0) is 39.3 Å². The Labute approximate surface area is 119 Å². The van der Waals surface area contributed by atoms with Gasteiger partial charge in [-0.15, -0.1) is 0 Å². The molecule has 0 aliphatic heterocycles. The number of carbonyl (C=O) groups is 2. The van der Waals surface area contributed by atoms with Crippen LogP contribution in [0.2, 0.25) is 0 Å². The summed E-state index contributed by atoms with van der Waals surface area (Å²) in [5.41, 5.74) is 6.23. The fraction of sp³-hybridized carbons (Fsp3) is 0.500. The molecule has 6 nitrogen and oxygen atoms in total. The second-order valence-electron chi connectivity index (χ2n) is 5.69. The molecule has 0 aliphatic rings. The van der Waals surface area contributed by atoms with Gasteiger partial charge in [-0.25, -0.2) is 0 Å². The second-order valence-corrected chi connectivity index (χ2v) is 5.69. The van der Waals surface area contributed by atoms with Gasteiger partial charge in [-0.2, -0.15) is 0 Å². The number of carbonyl (C=O) groups excluding carboxylic acids is 2. The van der Waals surface area contributed by atoms with Crippen molar-refractivity contribution < 1.29 is 9.59 Å². The molecule has 4 N–H and O–H groups in total. The quantitative estimate of drug-likeness (QED) is 0.750. The van der Waals surface area contributed by atoms with Gasteiger partial charge in [0.1, 0.15) is 11.7 Å². The summed E-state index contributed by atoms with van der Waals surface area (Å²) in [4.78, 5) is 27.8. The van der Waals surface area contributed by atoms with E-state index in [9.17, 15) is 9.59 Å². The van der Waals surface area contributed by atoms with Gasteiger partial charge in [-0.1, -0.05) is 6.07 Å². The number of hydrogen-bond acceptors (Lipinski definition) is 4. The van der Waals surface area contributed by atoms with Gasteiger partial charge in [0.15, 0.2) is 0 Å². The lowest BCUT2D eigenvalue weighted by atomic mass is 10.1. The summed E-state index contributed by atoms with van der Waals surface area (Å²) >= 11 is 0. The predicted molar refractivity (Wildman–Crippen MR) is 77.0 cm³/mol. The molecule has 0 saturated heterocycles. The van der Waals surface area contributed by atoms with Gasteiger partial charge in [-0.3, -0.25) is 14.6 Å². The molecule has 0 bridgehead atoms. The molecular weight excluding hydrogens is 256 g/mol. The fourth-order valence-corrected chi connectivity index (χ4v) is 1.49. The zero-order chi connectivity index (χ0) is 15.3. The van der Waals surface area contributed by atoms with Crippen molar-refractivity contribution in [2.75, 3.05) is 0 Å². The average molecular weight is 278 g/mol. The van der Waals surface area contributed by atoms with Crippen LogP contribution in [-0.4, -0.2) is 28.4 Å². The molecule has 1 unspecified atom stereocenters. The number of rotatable bonds is 4. The number of aromatic nitrogens is 1. The Hall–Kier alpha value is -1.95. The Bertz CT molecular complexity index is 477. The summed E-state index contributed by atoms with van der Waals surface area (Å²) in [5, 5.41) is 5.41. The number of amides is 2. The normalized spacial score (nSPS) is 12.7. The summed E-state index contributed by atoms with van der Waals surface area (Å²) in [6.07, 6.45) is 1.55. The smallest absolute Gasteiger partial charge is 0.270 e. The van der Waals surface area contributed by atoms with E-state index >= 15 is 0 Å². The Balaban J connectivity index is 2.62. The van der Waals surface area contributed by atoms with E-state index in [2.05, 4.69) is 15.6 Å². The first-order chi connectivity index (χ1) is 9.23. The SMILES string of the molecule is CC(NC(=O)c1ccc(CN)cn1)C(=O)NC(C)(C)C. The number of pyridine rings is 1. The lowest BCUT2D eigenvalue weighted by Crippen LogP contribution is -2.50. The van der Waals surface area contributed by atoms with Crippen LogP contribution in [0.3, 0.4) is 0 Å². The molecule has 0 saturated carbocycles. The van der Waals surface area contributed by atoms with E-state index in [1.54, 1.807) is 25.3 Å². The van der Waals surface area contributed by atoms with Gasteiger partial charge in [0.2, 0.25) is 5.91 Å². The van der Waals surface area contributed by atoms with Gasteiger partial charge < -0.3 is 16.4 Å². The van der Waals surface area contributed by atoms with E-state index in [-0.39, 0.29) is 23.0 Å². The van der Waals surface area contributed by atoms with Crippen molar-refractivity contribution in [1.82, 2.24) is 15.6 Å². The maximum Gasteiger partial charge on any atom is 0.270 e. The minimum Gasteiger partial charge on any atom is -0.350 e. The monoisotopic (exact) mass is 278 g/mol. The molecule has 1 aromatic rings. The summed E-state index contributed by atoms with van der Waals surface area (Å²) in [6, 6.07) is 2.70. The Morgan fingerprint density at radius 3 is 2.45 bits per heavy atom. The molecule has 0 spiro atoms. The first kappa shape index (κ1) is 16.1. The summed E-state index contributed by atoms with van der Waals surface area (Å²) in [7, 11) is 0. The molecule has 0 fully saturated rings. The first-order valence-corrected chi connectivity index (χ1v) is 6.51. The van der Waals surface area contributed by atoms with Gasteiger partial charge in [0.05, 0.1) is 0 Å². The van der Waals surface area contributed by atoms with E-state index in [4.69, 9.17) is 5.73 Å². The predicted octanol–water partition coefficient (Wildman–Crippen LogP) is 0.573. The number of nitrogens with two attached hydrogens (primary N) is 1. The van der Waals surface area contributed by atoms with Crippen molar-refractivity contribution in [3.8, 4) is 0 Å². The zero-order valence-corrected chi connectivity index (χ0v) is 12.4. The van der Waals surface area contributed by atoms with E-state index < -0.39 is 6.04 Å². The number of nitrogens with one attached hydrogen (secondary N) is 2. The molecule has 6 heteroatoms. The van der Waals surface area contributed by atoms with E-state index in [1.165, 1.54) is 0 Å². The van der Waals surface area contributed by atoms with Crippen LogP contribution in [0.4, 0.5) is 0 Å². The maximum atomic E-state index is 11.9. The summed E-state index contributed by atoms with van der Waals surface area (Å²) in [5.74, 6) is -0.616. The summed E-state index contributed by atoms with van der Waals surface area (Å²) in [6.45, 7) is 7.65. The van der Waals surface area contributed by atoms with E-state index in [0.717, 1.165) is 5.56 Å². The minimum atomic E-state index is -0.627. The molecule has 110 valence electrons. The van der Waals surface area contributed by atoms with Crippen molar-refractivity contribution in [1.29, 1.82) is 0 Å². The minimum absolute atomic E-state index is 0.232. The van der Waals surface area contributed by atoms with E-state index in [1.807, 2.05) is 20.8 Å². The molecule has 1 aromatic heterocycles. The van der Waals surface area contributed by atoms with Crippen LogP contribution >= 0.6 is 0 Å². The molecule has 1 heterocycles. The van der Waals surface area contributed by atoms with Crippen LogP contribution in [0.1, 0.15) is 43.7 Å². The van der Waals surface area contributed by atoms with Crippen molar-refractivity contribution >= 4 is 11.8 Å². The van der Waals surface area contributed by atoms with Crippen LogP contribution in [0, 0.1) is 0 Å². The third-order valence-electron chi connectivity index (χ3n) is 2.53. The zero-order valence-electron chi connectivity index (χ0n) is 12.4. The third-order valence-corrected chi connectivity index (χ3v) is 2.53. The standard InChI is InChI=1S/C14H22N4O2/c1-9(12(19)18-14(2,3)4)17-13(20)11-6-5-10(7-15)8-16-11/h5-6,8-9H,7,15H2,1-4H3,(H,17,20)(H,18,19). The highest BCUT2D eigenvalue weighted by atomic mass is 16.2. The molecule has 2 amide bonds. The molecule has 1 atom stereocenters. The fourth-order valence-electron chi connectivity index (χ4n) is 1.49. The topological polar surface area (TPSA) is 97.1 Å². The molecule has 0 aromatic carbocycles. The first-order valence-electron chi connectivity index (χ1n) is 6.51. The highest BCUT2D eigenvalue weighted by molar-refractivity contribution is 5.96.